The van der Waals surface area contributed by atoms with E-state index in [0.717, 1.165) is 39.6 Å². The normalized spacial score (nSPS) is 11.2. The standard InChI is InChI=1S/C34H23N3/c1-4-12-24(13-5-1)30-23-31(36-34(35-30)25-14-6-2-7-15-25)26-20-21-33-29(22-26)28-18-10-11-19-32(28)37(33)27-16-8-3-9-17-27/h1-23H. The van der Waals surface area contributed by atoms with Crippen LogP contribution >= 0.6 is 0 Å². The van der Waals surface area contributed by atoms with Gasteiger partial charge >= 0.3 is 0 Å². The highest BCUT2D eigenvalue weighted by molar-refractivity contribution is 6.10. The number of aromatic nitrogens is 3. The summed E-state index contributed by atoms with van der Waals surface area (Å²) in [6.07, 6.45) is 0. The second-order valence-electron chi connectivity index (χ2n) is 9.11. The van der Waals surface area contributed by atoms with Crippen molar-refractivity contribution < 1.29 is 0 Å². The molecule has 2 heterocycles. The molecule has 3 heteroatoms. The van der Waals surface area contributed by atoms with Gasteiger partial charge in [0, 0.05) is 33.2 Å². The molecule has 0 aliphatic rings. The van der Waals surface area contributed by atoms with Crippen LogP contribution in [0.3, 0.4) is 0 Å². The molecule has 0 saturated heterocycles. The van der Waals surface area contributed by atoms with E-state index in [1.165, 1.54) is 21.8 Å². The van der Waals surface area contributed by atoms with Gasteiger partial charge in [-0.3, -0.25) is 0 Å². The lowest BCUT2D eigenvalue weighted by molar-refractivity contribution is 1.18. The molecule has 0 atom stereocenters. The van der Waals surface area contributed by atoms with E-state index in [0.29, 0.717) is 0 Å². The molecule has 174 valence electrons. The molecule has 0 saturated carbocycles. The maximum atomic E-state index is 5.03. The number of fused-ring (bicyclic) bond motifs is 3. The van der Waals surface area contributed by atoms with Gasteiger partial charge in [0.2, 0.25) is 0 Å². The van der Waals surface area contributed by atoms with Gasteiger partial charge in [0.25, 0.3) is 0 Å². The lowest BCUT2D eigenvalue weighted by Crippen LogP contribution is -1.96. The zero-order valence-electron chi connectivity index (χ0n) is 20.1. The molecule has 0 fully saturated rings. The Morgan fingerprint density at radius 1 is 0.405 bits per heavy atom. The molecule has 5 aromatic carbocycles. The molecular formula is C34H23N3. The smallest absolute Gasteiger partial charge is 0.160 e. The topological polar surface area (TPSA) is 30.7 Å². The summed E-state index contributed by atoms with van der Waals surface area (Å²) in [6, 6.07) is 48.4. The van der Waals surface area contributed by atoms with Crippen LogP contribution < -0.4 is 0 Å². The van der Waals surface area contributed by atoms with Crippen molar-refractivity contribution in [1.29, 1.82) is 0 Å². The Kier molecular flexibility index (Phi) is 5.11. The Morgan fingerprint density at radius 3 is 1.70 bits per heavy atom. The van der Waals surface area contributed by atoms with Crippen LogP contribution in [-0.4, -0.2) is 14.5 Å². The molecule has 0 N–H and O–H groups in total. The molecular weight excluding hydrogens is 450 g/mol. The monoisotopic (exact) mass is 473 g/mol. The molecule has 0 aliphatic heterocycles. The van der Waals surface area contributed by atoms with E-state index in [1.54, 1.807) is 0 Å². The van der Waals surface area contributed by atoms with Gasteiger partial charge in [-0.2, -0.15) is 0 Å². The first kappa shape index (κ1) is 21.3. The number of rotatable bonds is 4. The SMILES string of the molecule is c1ccc(-c2cc(-c3ccc4c(c3)c3ccccc3n4-c3ccccc3)nc(-c3ccccc3)n2)cc1. The molecule has 7 aromatic rings. The van der Waals surface area contributed by atoms with Gasteiger partial charge in [0.05, 0.1) is 22.4 Å². The summed E-state index contributed by atoms with van der Waals surface area (Å²) in [5, 5.41) is 2.43. The lowest BCUT2D eigenvalue weighted by Gasteiger charge is -2.10. The highest BCUT2D eigenvalue weighted by atomic mass is 15.0. The van der Waals surface area contributed by atoms with Crippen molar-refractivity contribution in [3.63, 3.8) is 0 Å². The summed E-state index contributed by atoms with van der Waals surface area (Å²) in [5.74, 6) is 0.726. The van der Waals surface area contributed by atoms with Gasteiger partial charge in [0.15, 0.2) is 5.82 Å². The predicted octanol–water partition coefficient (Wildman–Crippen LogP) is 8.57. The first-order valence-corrected chi connectivity index (χ1v) is 12.4. The molecule has 0 spiro atoms. The van der Waals surface area contributed by atoms with E-state index in [-0.39, 0.29) is 0 Å². The van der Waals surface area contributed by atoms with E-state index < -0.39 is 0 Å². The molecule has 0 amide bonds. The number of benzene rings is 5. The Morgan fingerprint density at radius 2 is 0.973 bits per heavy atom. The van der Waals surface area contributed by atoms with E-state index in [4.69, 9.17) is 9.97 Å². The largest absolute Gasteiger partial charge is 0.309 e. The van der Waals surface area contributed by atoms with Crippen molar-refractivity contribution in [3.05, 3.63) is 140 Å². The van der Waals surface area contributed by atoms with E-state index >= 15 is 0 Å². The van der Waals surface area contributed by atoms with Crippen molar-refractivity contribution >= 4 is 21.8 Å². The van der Waals surface area contributed by atoms with E-state index in [9.17, 15) is 0 Å². The molecule has 2 aromatic heterocycles. The molecule has 0 radical (unpaired) electrons. The van der Waals surface area contributed by atoms with Crippen LogP contribution in [0.1, 0.15) is 0 Å². The van der Waals surface area contributed by atoms with Crippen LogP contribution in [-0.2, 0) is 0 Å². The predicted molar refractivity (Wildman–Crippen MR) is 153 cm³/mol. The van der Waals surface area contributed by atoms with Crippen LogP contribution in [0.25, 0.3) is 61.4 Å². The Hall–Kier alpha value is -5.02. The fourth-order valence-electron chi connectivity index (χ4n) is 5.06. The fraction of sp³-hybridized carbons (Fsp3) is 0. The summed E-state index contributed by atoms with van der Waals surface area (Å²) in [7, 11) is 0. The second-order valence-corrected chi connectivity index (χ2v) is 9.11. The van der Waals surface area contributed by atoms with Gasteiger partial charge < -0.3 is 4.57 Å². The zero-order valence-corrected chi connectivity index (χ0v) is 20.1. The number of hydrogen-bond acceptors (Lipinski definition) is 2. The third kappa shape index (κ3) is 3.78. The van der Waals surface area contributed by atoms with Gasteiger partial charge in [-0.15, -0.1) is 0 Å². The van der Waals surface area contributed by atoms with Gasteiger partial charge in [-0.05, 0) is 36.4 Å². The van der Waals surface area contributed by atoms with Crippen molar-refractivity contribution in [2.75, 3.05) is 0 Å². The second kappa shape index (κ2) is 8.89. The first-order valence-electron chi connectivity index (χ1n) is 12.4. The van der Waals surface area contributed by atoms with Crippen molar-refractivity contribution in [1.82, 2.24) is 14.5 Å². The minimum Gasteiger partial charge on any atom is -0.309 e. The average Bonchev–Trinajstić information content (AvgIpc) is 3.32. The average molecular weight is 474 g/mol. The van der Waals surface area contributed by atoms with Gasteiger partial charge in [-0.1, -0.05) is 103 Å². The summed E-state index contributed by atoms with van der Waals surface area (Å²) < 4.78 is 2.33. The van der Waals surface area contributed by atoms with Gasteiger partial charge in [-0.25, -0.2) is 9.97 Å². The van der Waals surface area contributed by atoms with E-state index in [1.807, 2.05) is 36.4 Å². The third-order valence-electron chi connectivity index (χ3n) is 6.81. The molecule has 7 rings (SSSR count). The maximum Gasteiger partial charge on any atom is 0.160 e. The molecule has 0 unspecified atom stereocenters. The summed E-state index contributed by atoms with van der Waals surface area (Å²) >= 11 is 0. The highest BCUT2D eigenvalue weighted by Gasteiger charge is 2.15. The third-order valence-corrected chi connectivity index (χ3v) is 6.81. The Balaban J connectivity index is 1.46. The molecule has 0 aliphatic carbocycles. The first-order chi connectivity index (χ1) is 18.3. The quantitative estimate of drug-likeness (QED) is 0.256. The van der Waals surface area contributed by atoms with Crippen molar-refractivity contribution in [2.45, 2.75) is 0 Å². The molecule has 37 heavy (non-hydrogen) atoms. The maximum absolute atomic E-state index is 5.03. The lowest BCUT2D eigenvalue weighted by atomic mass is 10.0. The van der Waals surface area contributed by atoms with Crippen LogP contribution in [0.2, 0.25) is 0 Å². The summed E-state index contributed by atoms with van der Waals surface area (Å²) in [4.78, 5) is 9.97. The van der Waals surface area contributed by atoms with Gasteiger partial charge in [0.1, 0.15) is 0 Å². The minimum atomic E-state index is 0.726. The number of para-hydroxylation sites is 2. The van der Waals surface area contributed by atoms with E-state index in [2.05, 4.69) is 108 Å². The Bertz CT molecular complexity index is 1800. The van der Waals surface area contributed by atoms with Crippen LogP contribution in [0.5, 0.6) is 0 Å². The number of nitrogens with zero attached hydrogens (tertiary/aromatic N) is 3. The Labute approximate surface area is 215 Å². The van der Waals surface area contributed by atoms with Crippen molar-refractivity contribution in [3.8, 4) is 39.6 Å². The molecule has 3 nitrogen and oxygen atoms in total. The van der Waals surface area contributed by atoms with Crippen LogP contribution in [0.15, 0.2) is 140 Å². The summed E-state index contributed by atoms with van der Waals surface area (Å²) in [5.41, 5.74) is 8.49. The highest BCUT2D eigenvalue weighted by Crippen LogP contribution is 2.35. The number of hydrogen-bond donors (Lipinski definition) is 0. The summed E-state index contributed by atoms with van der Waals surface area (Å²) in [6.45, 7) is 0. The van der Waals surface area contributed by atoms with Crippen LogP contribution in [0, 0.1) is 0 Å². The fourth-order valence-corrected chi connectivity index (χ4v) is 5.06. The molecule has 0 bridgehead atoms. The van der Waals surface area contributed by atoms with Crippen LogP contribution in [0.4, 0.5) is 0 Å². The zero-order chi connectivity index (χ0) is 24.6. The minimum absolute atomic E-state index is 0.726. The van der Waals surface area contributed by atoms with Crippen molar-refractivity contribution in [2.24, 2.45) is 0 Å².